The van der Waals surface area contributed by atoms with E-state index in [1.165, 1.54) is 6.07 Å². The number of aromatic amines is 1. The Kier molecular flexibility index (Phi) is 4.91. The fourth-order valence-corrected chi connectivity index (χ4v) is 4.21. The number of anilines is 2. The minimum absolute atomic E-state index is 0.0224. The van der Waals surface area contributed by atoms with Gasteiger partial charge in [-0.05, 0) is 31.2 Å². The number of rotatable bonds is 5. The molecule has 2 aliphatic heterocycles. The Labute approximate surface area is 194 Å². The van der Waals surface area contributed by atoms with E-state index in [0.717, 1.165) is 11.3 Å². The van der Waals surface area contributed by atoms with Crippen LogP contribution in [0.15, 0.2) is 42.6 Å². The number of benzene rings is 1. The molecular weight excluding hydrogens is 439 g/mol. The molecule has 6 rings (SSSR count). The summed E-state index contributed by atoms with van der Waals surface area (Å²) < 4.78 is 30.7. The average molecular weight is 460 g/mol. The molecular formula is C25H21FN4O4. The van der Waals surface area contributed by atoms with Crippen molar-refractivity contribution >= 4 is 28.4 Å². The molecule has 2 aliphatic rings. The zero-order chi connectivity index (χ0) is 23.2. The van der Waals surface area contributed by atoms with Crippen LogP contribution < -0.4 is 10.1 Å². The average Bonchev–Trinajstić information content (AvgIpc) is 3.18. The molecule has 0 amide bonds. The molecule has 0 saturated carbocycles. The Morgan fingerprint density at radius 2 is 2.09 bits per heavy atom. The third-order valence-electron chi connectivity index (χ3n) is 6.12. The van der Waals surface area contributed by atoms with E-state index in [9.17, 15) is 9.18 Å². The van der Waals surface area contributed by atoms with Gasteiger partial charge in [-0.15, -0.1) is 0 Å². The molecule has 8 nitrogen and oxygen atoms in total. The van der Waals surface area contributed by atoms with Crippen LogP contribution in [0.4, 0.5) is 15.8 Å². The number of hydrogen-bond donors (Lipinski definition) is 2. The Balaban J connectivity index is 1.52. The van der Waals surface area contributed by atoms with Crippen molar-refractivity contribution in [2.75, 3.05) is 25.1 Å². The van der Waals surface area contributed by atoms with Crippen molar-refractivity contribution in [3.63, 3.8) is 0 Å². The first-order chi connectivity index (χ1) is 16.6. The summed E-state index contributed by atoms with van der Waals surface area (Å²) in [6, 6.07) is 10.3. The molecule has 0 radical (unpaired) electrons. The molecule has 9 heteroatoms. The number of carbonyl (C=O) groups excluding carboxylic acids is 1. The van der Waals surface area contributed by atoms with Gasteiger partial charge >= 0.3 is 5.97 Å². The molecule has 1 saturated heterocycles. The molecule has 5 heterocycles. The summed E-state index contributed by atoms with van der Waals surface area (Å²) in [6.45, 7) is 3.05. The summed E-state index contributed by atoms with van der Waals surface area (Å²) in [7, 11) is 0. The molecule has 1 fully saturated rings. The lowest BCUT2D eigenvalue weighted by Gasteiger charge is -2.26. The second-order valence-corrected chi connectivity index (χ2v) is 8.30. The maximum absolute atomic E-state index is 14.3. The highest BCUT2D eigenvalue weighted by molar-refractivity contribution is 6.05. The highest BCUT2D eigenvalue weighted by atomic mass is 19.1. The molecule has 34 heavy (non-hydrogen) atoms. The zero-order valence-electron chi connectivity index (χ0n) is 18.4. The number of esters is 1. The van der Waals surface area contributed by atoms with Gasteiger partial charge < -0.3 is 24.5 Å². The standard InChI is InChI=1S/C25H21FN4O4/c1-13-16(26)3-2-4-17(13)28-24-21-18(8-10-33-25(21)31)29-23(24)15-7-9-27-19-5-6-20(30-22(15)19)34-14-11-32-12-14/h2-7,9,14,28-29H,8,10-12H2,1H3. The Morgan fingerprint density at radius 3 is 2.91 bits per heavy atom. The van der Waals surface area contributed by atoms with Gasteiger partial charge in [-0.3, -0.25) is 4.98 Å². The molecule has 0 spiro atoms. The number of hydrogen-bond acceptors (Lipinski definition) is 7. The van der Waals surface area contributed by atoms with Crippen LogP contribution in [-0.2, 0) is 15.9 Å². The van der Waals surface area contributed by atoms with Gasteiger partial charge in [0.2, 0.25) is 5.88 Å². The highest BCUT2D eigenvalue weighted by Crippen LogP contribution is 2.40. The predicted molar refractivity (Wildman–Crippen MR) is 123 cm³/mol. The van der Waals surface area contributed by atoms with Crippen molar-refractivity contribution in [2.45, 2.75) is 19.4 Å². The number of nitrogens with one attached hydrogen (secondary N) is 2. The summed E-state index contributed by atoms with van der Waals surface area (Å²) in [4.78, 5) is 25.3. The second-order valence-electron chi connectivity index (χ2n) is 8.30. The van der Waals surface area contributed by atoms with E-state index in [2.05, 4.69) is 15.3 Å². The molecule has 0 unspecified atom stereocenters. The molecule has 2 N–H and O–H groups in total. The van der Waals surface area contributed by atoms with E-state index in [1.807, 2.05) is 12.1 Å². The molecule has 3 aromatic heterocycles. The third kappa shape index (κ3) is 3.45. The number of H-pyrrole nitrogens is 1. The number of ether oxygens (including phenoxy) is 3. The first-order valence-corrected chi connectivity index (χ1v) is 11.0. The van der Waals surface area contributed by atoms with Crippen LogP contribution in [0, 0.1) is 12.7 Å². The summed E-state index contributed by atoms with van der Waals surface area (Å²) >= 11 is 0. The summed E-state index contributed by atoms with van der Waals surface area (Å²) in [6.07, 6.45) is 2.21. The number of nitrogens with zero attached hydrogens (tertiary/aromatic N) is 2. The van der Waals surface area contributed by atoms with Gasteiger partial charge in [-0.25, -0.2) is 14.2 Å². The van der Waals surface area contributed by atoms with Crippen molar-refractivity contribution < 1.29 is 23.4 Å². The van der Waals surface area contributed by atoms with Gasteiger partial charge in [0.15, 0.2) is 0 Å². The minimum atomic E-state index is -0.430. The fraction of sp³-hybridized carbons (Fsp3) is 0.240. The van der Waals surface area contributed by atoms with Crippen LogP contribution in [-0.4, -0.2) is 46.8 Å². The number of carbonyl (C=O) groups is 1. The van der Waals surface area contributed by atoms with Crippen molar-refractivity contribution in [2.24, 2.45) is 0 Å². The van der Waals surface area contributed by atoms with Crippen molar-refractivity contribution in [1.29, 1.82) is 0 Å². The zero-order valence-corrected chi connectivity index (χ0v) is 18.4. The lowest BCUT2D eigenvalue weighted by Crippen LogP contribution is -2.38. The number of cyclic esters (lactones) is 1. The Bertz CT molecular complexity index is 1430. The van der Waals surface area contributed by atoms with E-state index in [0.29, 0.717) is 71.4 Å². The number of pyridine rings is 2. The van der Waals surface area contributed by atoms with Crippen molar-refractivity contribution in [1.82, 2.24) is 15.0 Å². The monoisotopic (exact) mass is 460 g/mol. The van der Waals surface area contributed by atoms with E-state index >= 15 is 0 Å². The summed E-state index contributed by atoms with van der Waals surface area (Å²) in [5.74, 6) is -0.293. The molecule has 1 aromatic carbocycles. The molecule has 0 aliphatic carbocycles. The van der Waals surface area contributed by atoms with Crippen molar-refractivity contribution in [3.8, 4) is 17.1 Å². The smallest absolute Gasteiger partial charge is 0.342 e. The van der Waals surface area contributed by atoms with Gasteiger partial charge in [0.05, 0.1) is 36.7 Å². The van der Waals surface area contributed by atoms with Crippen molar-refractivity contribution in [3.05, 3.63) is 65.2 Å². The van der Waals surface area contributed by atoms with Gasteiger partial charge in [0.1, 0.15) is 23.0 Å². The number of aromatic nitrogens is 3. The van der Waals surface area contributed by atoms with Gasteiger partial charge in [0, 0.05) is 41.2 Å². The largest absolute Gasteiger partial charge is 0.469 e. The van der Waals surface area contributed by atoms with Crippen LogP contribution in [0.5, 0.6) is 5.88 Å². The fourth-order valence-electron chi connectivity index (χ4n) is 4.21. The van der Waals surface area contributed by atoms with Crippen LogP contribution in [0.2, 0.25) is 0 Å². The Morgan fingerprint density at radius 1 is 1.21 bits per heavy atom. The van der Waals surface area contributed by atoms with Crippen LogP contribution >= 0.6 is 0 Å². The second kappa shape index (κ2) is 8.11. The topological polar surface area (TPSA) is 98.4 Å². The normalized spacial score (nSPS) is 15.5. The van der Waals surface area contributed by atoms with Crippen LogP contribution in [0.1, 0.15) is 21.6 Å². The van der Waals surface area contributed by atoms with E-state index in [-0.39, 0.29) is 11.9 Å². The molecule has 4 aromatic rings. The molecule has 0 atom stereocenters. The minimum Gasteiger partial charge on any atom is -0.469 e. The van der Waals surface area contributed by atoms with Crippen LogP contribution in [0.25, 0.3) is 22.3 Å². The number of fused-ring (bicyclic) bond motifs is 2. The maximum atomic E-state index is 14.3. The lowest BCUT2D eigenvalue weighted by molar-refractivity contribution is -0.0812. The van der Waals surface area contributed by atoms with E-state index in [1.54, 1.807) is 31.3 Å². The quantitative estimate of drug-likeness (QED) is 0.428. The highest BCUT2D eigenvalue weighted by Gasteiger charge is 2.30. The Hall–Kier alpha value is -3.98. The van der Waals surface area contributed by atoms with E-state index < -0.39 is 5.97 Å². The van der Waals surface area contributed by atoms with Gasteiger partial charge in [-0.1, -0.05) is 6.07 Å². The van der Waals surface area contributed by atoms with E-state index in [4.69, 9.17) is 19.2 Å². The third-order valence-corrected chi connectivity index (χ3v) is 6.12. The predicted octanol–water partition coefficient (Wildman–Crippen LogP) is 4.31. The lowest BCUT2D eigenvalue weighted by atomic mass is 10.1. The van der Waals surface area contributed by atoms with Crippen LogP contribution in [0.3, 0.4) is 0 Å². The SMILES string of the molecule is Cc1c(F)cccc1Nc1c(-c2ccnc3ccc(OC4COC4)nc23)[nH]c2c1C(=O)OCC2. The first-order valence-electron chi connectivity index (χ1n) is 11.0. The maximum Gasteiger partial charge on any atom is 0.342 e. The molecule has 0 bridgehead atoms. The summed E-state index contributed by atoms with van der Waals surface area (Å²) in [5, 5.41) is 3.28. The first kappa shape index (κ1) is 20.6. The number of halogens is 1. The molecule has 172 valence electrons. The van der Waals surface area contributed by atoms with Gasteiger partial charge in [0.25, 0.3) is 0 Å². The summed E-state index contributed by atoms with van der Waals surface area (Å²) in [5.41, 5.74) is 5.37. The van der Waals surface area contributed by atoms with Gasteiger partial charge in [-0.2, -0.15) is 0 Å².